The highest BCUT2D eigenvalue weighted by Crippen LogP contribution is 2.17. The molecule has 0 unspecified atom stereocenters. The molecule has 1 aromatic carbocycles. The third kappa shape index (κ3) is 2.51. The maximum absolute atomic E-state index is 13.0. The number of aromatic carboxylic acids is 1. The number of benzene rings is 1. The van der Waals surface area contributed by atoms with Crippen molar-refractivity contribution in [3.8, 4) is 0 Å². The molecule has 2 N–H and O–H groups in total. The Morgan fingerprint density at radius 2 is 2.10 bits per heavy atom. The van der Waals surface area contributed by atoms with E-state index in [4.69, 9.17) is 5.11 Å². The van der Waals surface area contributed by atoms with Crippen LogP contribution in [0.15, 0.2) is 24.4 Å². The Morgan fingerprint density at radius 3 is 2.70 bits per heavy atom. The summed E-state index contributed by atoms with van der Waals surface area (Å²) >= 11 is 0. The molecule has 2 rings (SSSR count). The van der Waals surface area contributed by atoms with Gasteiger partial charge in [-0.2, -0.15) is 5.10 Å². The van der Waals surface area contributed by atoms with Gasteiger partial charge in [-0.1, -0.05) is 0 Å². The second-order valence-electron chi connectivity index (χ2n) is 4.25. The maximum Gasteiger partial charge on any atom is 0.339 e. The Labute approximate surface area is 113 Å². The number of halogens is 1. The van der Waals surface area contributed by atoms with E-state index in [1.54, 1.807) is 6.92 Å². The monoisotopic (exact) mass is 277 g/mol. The van der Waals surface area contributed by atoms with Crippen molar-refractivity contribution in [3.05, 3.63) is 47.0 Å². The molecule has 7 heteroatoms. The molecule has 6 nitrogen and oxygen atoms in total. The van der Waals surface area contributed by atoms with Crippen LogP contribution in [0, 0.1) is 12.7 Å². The van der Waals surface area contributed by atoms with Crippen molar-refractivity contribution in [2.75, 3.05) is 5.32 Å². The number of amides is 1. The van der Waals surface area contributed by atoms with Crippen LogP contribution < -0.4 is 5.32 Å². The van der Waals surface area contributed by atoms with Crippen LogP contribution in [0.1, 0.15) is 26.4 Å². The number of hydrogen-bond acceptors (Lipinski definition) is 3. The number of carbonyl (C=O) groups excluding carboxylic acids is 1. The molecule has 20 heavy (non-hydrogen) atoms. The van der Waals surface area contributed by atoms with Crippen molar-refractivity contribution in [2.45, 2.75) is 6.92 Å². The summed E-state index contributed by atoms with van der Waals surface area (Å²) in [6.07, 6.45) is 1.11. The van der Waals surface area contributed by atoms with Gasteiger partial charge in [-0.15, -0.1) is 0 Å². The SMILES string of the molecule is Cc1cc(F)ccc1NC(=O)c1c(C(=O)O)cnn1C. The average Bonchev–Trinajstić information content (AvgIpc) is 2.75. The predicted molar refractivity (Wildman–Crippen MR) is 69.3 cm³/mol. The fraction of sp³-hybridized carbons (Fsp3) is 0.154. The number of nitrogens with zero attached hydrogens (tertiary/aromatic N) is 2. The zero-order valence-electron chi connectivity index (χ0n) is 10.8. The van der Waals surface area contributed by atoms with Crippen LogP contribution in [0.3, 0.4) is 0 Å². The van der Waals surface area contributed by atoms with Crippen LogP contribution in [-0.4, -0.2) is 26.8 Å². The summed E-state index contributed by atoms with van der Waals surface area (Å²) in [6.45, 7) is 1.64. The van der Waals surface area contributed by atoms with Gasteiger partial charge in [-0.05, 0) is 30.7 Å². The molecular formula is C13H12FN3O3. The number of aromatic nitrogens is 2. The van der Waals surface area contributed by atoms with E-state index in [1.165, 1.54) is 29.9 Å². The molecular weight excluding hydrogens is 265 g/mol. The molecule has 1 amide bonds. The van der Waals surface area contributed by atoms with Gasteiger partial charge in [0.25, 0.3) is 5.91 Å². The van der Waals surface area contributed by atoms with Crippen molar-refractivity contribution in [3.63, 3.8) is 0 Å². The third-order valence-corrected chi connectivity index (χ3v) is 2.82. The van der Waals surface area contributed by atoms with Gasteiger partial charge in [0.05, 0.1) is 6.20 Å². The first-order valence-electron chi connectivity index (χ1n) is 5.73. The van der Waals surface area contributed by atoms with E-state index in [1.807, 2.05) is 0 Å². The average molecular weight is 277 g/mol. The number of carboxylic acid groups (broad SMARTS) is 1. The molecule has 104 valence electrons. The first kappa shape index (κ1) is 13.7. The highest BCUT2D eigenvalue weighted by Gasteiger charge is 2.22. The second kappa shape index (κ2) is 5.12. The molecule has 0 atom stereocenters. The lowest BCUT2D eigenvalue weighted by atomic mass is 10.2. The molecule has 1 aromatic heterocycles. The Balaban J connectivity index is 2.33. The Kier molecular flexibility index (Phi) is 3.51. The van der Waals surface area contributed by atoms with Gasteiger partial charge >= 0.3 is 5.97 Å². The number of hydrogen-bond donors (Lipinski definition) is 2. The van der Waals surface area contributed by atoms with Gasteiger partial charge in [-0.25, -0.2) is 9.18 Å². The molecule has 0 radical (unpaired) electrons. The van der Waals surface area contributed by atoms with E-state index in [9.17, 15) is 14.0 Å². The normalized spacial score (nSPS) is 10.3. The molecule has 0 spiro atoms. The summed E-state index contributed by atoms with van der Waals surface area (Å²) in [5, 5.41) is 15.3. The lowest BCUT2D eigenvalue weighted by Gasteiger charge is -2.09. The topological polar surface area (TPSA) is 84.2 Å². The number of rotatable bonds is 3. The van der Waals surface area contributed by atoms with Gasteiger partial charge in [0.1, 0.15) is 17.1 Å². The fourth-order valence-electron chi connectivity index (χ4n) is 1.81. The number of carbonyl (C=O) groups is 2. The predicted octanol–water partition coefficient (Wildman–Crippen LogP) is 1.82. The number of anilines is 1. The third-order valence-electron chi connectivity index (χ3n) is 2.82. The second-order valence-corrected chi connectivity index (χ2v) is 4.25. The molecule has 2 aromatic rings. The first-order chi connectivity index (χ1) is 9.40. The van der Waals surface area contributed by atoms with Crippen molar-refractivity contribution < 1.29 is 19.1 Å². The Bertz CT molecular complexity index is 694. The van der Waals surface area contributed by atoms with E-state index < -0.39 is 17.7 Å². The molecule has 0 bridgehead atoms. The number of carboxylic acids is 1. The van der Waals surface area contributed by atoms with Gasteiger partial charge in [0.15, 0.2) is 0 Å². The maximum atomic E-state index is 13.0. The van der Waals surface area contributed by atoms with Crippen LogP contribution in [0.5, 0.6) is 0 Å². The van der Waals surface area contributed by atoms with Crippen LogP contribution in [-0.2, 0) is 7.05 Å². The van der Waals surface area contributed by atoms with Crippen LogP contribution >= 0.6 is 0 Å². The highest BCUT2D eigenvalue weighted by molar-refractivity contribution is 6.09. The smallest absolute Gasteiger partial charge is 0.339 e. The fourth-order valence-corrected chi connectivity index (χ4v) is 1.81. The summed E-state index contributed by atoms with van der Waals surface area (Å²) in [5.41, 5.74) is 0.692. The van der Waals surface area contributed by atoms with E-state index in [0.717, 1.165) is 6.20 Å². The van der Waals surface area contributed by atoms with E-state index in [2.05, 4.69) is 10.4 Å². The minimum atomic E-state index is -1.24. The molecule has 0 saturated heterocycles. The van der Waals surface area contributed by atoms with Gasteiger partial charge in [0, 0.05) is 12.7 Å². The van der Waals surface area contributed by atoms with E-state index in [-0.39, 0.29) is 11.3 Å². The van der Waals surface area contributed by atoms with E-state index in [0.29, 0.717) is 11.3 Å². The van der Waals surface area contributed by atoms with Crippen molar-refractivity contribution in [1.29, 1.82) is 0 Å². The highest BCUT2D eigenvalue weighted by atomic mass is 19.1. The van der Waals surface area contributed by atoms with Crippen LogP contribution in [0.2, 0.25) is 0 Å². The largest absolute Gasteiger partial charge is 0.478 e. The molecule has 0 aliphatic heterocycles. The minimum absolute atomic E-state index is 0.0683. The number of aryl methyl sites for hydroxylation is 2. The quantitative estimate of drug-likeness (QED) is 0.896. The lowest BCUT2D eigenvalue weighted by molar-refractivity contribution is 0.0692. The lowest BCUT2D eigenvalue weighted by Crippen LogP contribution is -2.19. The molecule has 0 fully saturated rings. The number of nitrogens with one attached hydrogen (secondary N) is 1. The molecule has 0 aliphatic carbocycles. The van der Waals surface area contributed by atoms with Crippen molar-refractivity contribution in [1.82, 2.24) is 9.78 Å². The first-order valence-corrected chi connectivity index (χ1v) is 5.73. The van der Waals surface area contributed by atoms with Gasteiger partial charge in [0.2, 0.25) is 0 Å². The van der Waals surface area contributed by atoms with Crippen LogP contribution in [0.4, 0.5) is 10.1 Å². The Morgan fingerprint density at radius 1 is 1.40 bits per heavy atom. The summed E-state index contributed by atoms with van der Waals surface area (Å²) in [4.78, 5) is 23.2. The summed E-state index contributed by atoms with van der Waals surface area (Å²) in [6, 6.07) is 3.90. The van der Waals surface area contributed by atoms with E-state index >= 15 is 0 Å². The minimum Gasteiger partial charge on any atom is -0.478 e. The standard InChI is InChI=1S/C13H12FN3O3/c1-7-5-8(14)3-4-10(7)16-12(18)11-9(13(19)20)6-15-17(11)2/h3-6H,1-2H3,(H,16,18)(H,19,20). The summed E-state index contributed by atoms with van der Waals surface area (Å²) < 4.78 is 14.2. The zero-order valence-corrected chi connectivity index (χ0v) is 10.8. The van der Waals surface area contributed by atoms with Crippen LogP contribution in [0.25, 0.3) is 0 Å². The molecule has 0 saturated carbocycles. The summed E-state index contributed by atoms with van der Waals surface area (Å²) in [5.74, 6) is -2.26. The van der Waals surface area contributed by atoms with Crippen molar-refractivity contribution in [2.24, 2.45) is 7.05 Å². The van der Waals surface area contributed by atoms with Crippen molar-refractivity contribution >= 4 is 17.6 Å². The van der Waals surface area contributed by atoms with Gasteiger partial charge < -0.3 is 10.4 Å². The zero-order chi connectivity index (χ0) is 14.9. The Hall–Kier alpha value is -2.70. The van der Waals surface area contributed by atoms with Gasteiger partial charge in [-0.3, -0.25) is 9.48 Å². The molecule has 1 heterocycles. The molecule has 0 aliphatic rings. The summed E-state index contributed by atoms with van der Waals surface area (Å²) in [7, 11) is 1.47.